The van der Waals surface area contributed by atoms with Crippen LogP contribution in [0.1, 0.15) is 27.4 Å². The standard InChI is InChI=1S/C52H32N2S2/c1-2-9-33(10-3-1)34-19-21-35(22-20-34)38-11-6-13-40(29-38)41-27-28-48-46(31-41)50-52(56-48)49(53-32-54-50)42-14-7-12-39(30-42)36-23-25-37(26-24-36)43-16-8-17-45-44-15-4-5-18-47(44)55-51(43)45/h1-32H/i1D,2D,3D,4D,5D,6D,8D,9D,10D,11D,13D,15D,16D,17D,18D,19D,20D,21D,22D,29D. The molecule has 0 fully saturated rings. The van der Waals surface area contributed by atoms with Gasteiger partial charge in [0.05, 0.1) is 43.3 Å². The van der Waals surface area contributed by atoms with E-state index >= 15 is 0 Å². The molecule has 0 radical (unpaired) electrons. The summed E-state index contributed by atoms with van der Waals surface area (Å²) in [4.78, 5) is 9.32. The van der Waals surface area contributed by atoms with Crippen LogP contribution in [-0.4, -0.2) is 9.97 Å². The van der Waals surface area contributed by atoms with Gasteiger partial charge in [0.2, 0.25) is 0 Å². The highest BCUT2D eigenvalue weighted by Crippen LogP contribution is 2.42. The van der Waals surface area contributed by atoms with Gasteiger partial charge in [0.15, 0.2) is 0 Å². The maximum atomic E-state index is 9.42. The minimum absolute atomic E-state index is 0.132. The first-order valence-electron chi connectivity index (χ1n) is 27.2. The number of thiophene rings is 2. The lowest BCUT2D eigenvalue weighted by atomic mass is 9.96. The highest BCUT2D eigenvalue weighted by molar-refractivity contribution is 7.26. The number of hydrogen-bond donors (Lipinski definition) is 0. The highest BCUT2D eigenvalue weighted by Gasteiger charge is 2.16. The third kappa shape index (κ3) is 5.70. The maximum Gasteiger partial charge on any atom is 0.116 e. The molecule has 0 bridgehead atoms. The van der Waals surface area contributed by atoms with Gasteiger partial charge in [0, 0.05) is 35.8 Å². The minimum Gasteiger partial charge on any atom is -0.235 e. The Morgan fingerprint density at radius 1 is 0.393 bits per heavy atom. The summed E-state index contributed by atoms with van der Waals surface area (Å²) in [6, 6.07) is 8.54. The van der Waals surface area contributed by atoms with E-state index in [1.807, 2.05) is 36.4 Å². The Morgan fingerprint density at radius 3 is 1.88 bits per heavy atom. The second-order valence-electron chi connectivity index (χ2n) is 12.6. The van der Waals surface area contributed by atoms with E-state index in [4.69, 9.17) is 26.0 Å². The van der Waals surface area contributed by atoms with Crippen LogP contribution < -0.4 is 0 Å². The molecule has 0 spiro atoms. The average Bonchev–Trinajstić information content (AvgIpc) is 4.02. The fourth-order valence-corrected chi connectivity index (χ4v) is 8.93. The summed E-state index contributed by atoms with van der Waals surface area (Å²) in [5, 5.41) is 0.962. The lowest BCUT2D eigenvalue weighted by Gasteiger charge is -2.09. The van der Waals surface area contributed by atoms with Crippen LogP contribution in [0.5, 0.6) is 0 Å². The topological polar surface area (TPSA) is 25.8 Å². The fourth-order valence-electron chi connectivity index (χ4n) is 6.70. The Kier molecular flexibility index (Phi) is 4.42. The third-order valence-corrected chi connectivity index (χ3v) is 11.7. The van der Waals surface area contributed by atoms with E-state index in [9.17, 15) is 1.37 Å². The van der Waals surface area contributed by atoms with Gasteiger partial charge in [-0.2, -0.15) is 0 Å². The van der Waals surface area contributed by atoms with Gasteiger partial charge in [-0.15, -0.1) is 22.7 Å². The molecule has 262 valence electrons. The molecule has 0 unspecified atom stereocenters. The van der Waals surface area contributed by atoms with E-state index in [0.717, 1.165) is 32.7 Å². The van der Waals surface area contributed by atoms with Crippen molar-refractivity contribution < 1.29 is 27.4 Å². The molecule has 0 atom stereocenters. The number of aromatic nitrogens is 2. The fraction of sp³-hybridized carbons (Fsp3) is 0. The molecular formula is C52H32N2S2. The van der Waals surface area contributed by atoms with Gasteiger partial charge >= 0.3 is 0 Å². The van der Waals surface area contributed by atoms with Crippen molar-refractivity contribution in [2.24, 2.45) is 0 Å². The first-order chi connectivity index (χ1) is 36.1. The zero-order valence-electron chi connectivity index (χ0n) is 48.6. The molecule has 56 heavy (non-hydrogen) atoms. The van der Waals surface area contributed by atoms with Crippen molar-refractivity contribution in [2.75, 3.05) is 0 Å². The van der Waals surface area contributed by atoms with Crippen LogP contribution in [0, 0.1) is 0 Å². The number of hydrogen-bond acceptors (Lipinski definition) is 4. The summed E-state index contributed by atoms with van der Waals surface area (Å²) in [5.74, 6) is 0. The zero-order valence-corrected chi connectivity index (χ0v) is 30.3. The van der Waals surface area contributed by atoms with Gasteiger partial charge < -0.3 is 0 Å². The van der Waals surface area contributed by atoms with Crippen LogP contribution in [-0.2, 0) is 0 Å². The predicted octanol–water partition coefficient (Wildman–Crippen LogP) is 15.2. The normalized spacial score (nSPS) is 16.6. The smallest absolute Gasteiger partial charge is 0.116 e. The molecule has 11 aromatic rings. The monoisotopic (exact) mass is 768 g/mol. The van der Waals surface area contributed by atoms with Crippen molar-refractivity contribution in [1.29, 1.82) is 0 Å². The van der Waals surface area contributed by atoms with Crippen molar-refractivity contribution in [3.63, 3.8) is 0 Å². The summed E-state index contributed by atoms with van der Waals surface area (Å²) in [6.45, 7) is 0. The Bertz CT molecular complexity index is 4360. The molecule has 0 aliphatic carbocycles. The zero-order chi connectivity index (χ0) is 54.4. The Morgan fingerprint density at radius 2 is 1.02 bits per heavy atom. The van der Waals surface area contributed by atoms with Crippen LogP contribution in [0.4, 0.5) is 0 Å². The first-order valence-corrected chi connectivity index (χ1v) is 18.8. The molecule has 3 aromatic heterocycles. The molecule has 8 aromatic carbocycles. The van der Waals surface area contributed by atoms with Crippen molar-refractivity contribution in [1.82, 2.24) is 9.97 Å². The van der Waals surface area contributed by atoms with Crippen LogP contribution >= 0.6 is 22.7 Å². The van der Waals surface area contributed by atoms with Crippen molar-refractivity contribution >= 4 is 63.1 Å². The summed E-state index contributed by atoms with van der Waals surface area (Å²) in [6.07, 6.45) is 1.41. The van der Waals surface area contributed by atoms with Crippen LogP contribution in [0.3, 0.4) is 0 Å². The Labute approximate surface area is 360 Å². The molecule has 0 aliphatic rings. The molecule has 4 heteroatoms. The summed E-state index contributed by atoms with van der Waals surface area (Å²) in [7, 11) is 0. The van der Waals surface area contributed by atoms with E-state index in [2.05, 4.69) is 9.97 Å². The van der Waals surface area contributed by atoms with Crippen LogP contribution in [0.15, 0.2) is 194 Å². The largest absolute Gasteiger partial charge is 0.235 e. The van der Waals surface area contributed by atoms with E-state index < -0.39 is 113 Å². The summed E-state index contributed by atoms with van der Waals surface area (Å²) in [5.41, 5.74) is 2.37. The van der Waals surface area contributed by atoms with Crippen molar-refractivity contribution in [3.8, 4) is 66.9 Å². The van der Waals surface area contributed by atoms with Crippen LogP contribution in [0.25, 0.3) is 107 Å². The minimum atomic E-state index is -0.791. The lowest BCUT2D eigenvalue weighted by Crippen LogP contribution is -1.87. The molecule has 0 saturated heterocycles. The number of benzene rings is 8. The maximum absolute atomic E-state index is 9.42. The van der Waals surface area contributed by atoms with E-state index in [1.54, 1.807) is 30.3 Å². The Hall–Kier alpha value is -6.72. The predicted molar refractivity (Wildman–Crippen MR) is 240 cm³/mol. The van der Waals surface area contributed by atoms with Gasteiger partial charge in [-0.3, -0.25) is 0 Å². The molecule has 0 saturated carbocycles. The van der Waals surface area contributed by atoms with Gasteiger partial charge in [0.25, 0.3) is 0 Å². The molecule has 0 N–H and O–H groups in total. The molecular weight excluding hydrogens is 717 g/mol. The van der Waals surface area contributed by atoms with Gasteiger partial charge in [-0.1, -0.05) is 157 Å². The number of fused-ring (bicyclic) bond motifs is 6. The number of rotatable bonds is 6. The van der Waals surface area contributed by atoms with Gasteiger partial charge in [-0.05, 0) is 85.9 Å². The highest BCUT2D eigenvalue weighted by atomic mass is 32.1. The number of nitrogens with zero attached hydrogens (tertiary/aromatic N) is 2. The quantitative estimate of drug-likeness (QED) is 0.168. The average molecular weight is 769 g/mol. The molecule has 2 nitrogen and oxygen atoms in total. The first kappa shape index (κ1) is 18.3. The van der Waals surface area contributed by atoms with Crippen molar-refractivity contribution in [3.05, 3.63) is 194 Å². The SMILES string of the molecule is [2H]c1c([2H])c([2H])c(-c2c([2H])c([2H])c(-c3c([2H])c([2H])c([2H])c(-c4ccc5sc6c(-c7cccc(-c8ccc(-c9c([2H])c([2H])c([2H])c%10c9sc9c([2H])c([2H])c([2H])c([2H])c9%10)cc8)c7)ncnc6c5c4)c3[2H])c([2H])c2[2H])c([2H])c1[2H]. The van der Waals surface area contributed by atoms with E-state index in [-0.39, 0.29) is 56.8 Å². The lowest BCUT2D eigenvalue weighted by molar-refractivity contribution is 1.24. The third-order valence-electron chi connectivity index (χ3n) is 9.37. The van der Waals surface area contributed by atoms with Gasteiger partial charge in [0.1, 0.15) is 6.33 Å². The second kappa shape index (κ2) is 13.5. The van der Waals surface area contributed by atoms with E-state index in [1.165, 1.54) is 17.7 Å². The molecule has 3 heterocycles. The molecule has 0 amide bonds. The van der Waals surface area contributed by atoms with Crippen molar-refractivity contribution in [2.45, 2.75) is 0 Å². The second-order valence-corrected chi connectivity index (χ2v) is 14.7. The molecule has 0 aliphatic heterocycles. The van der Waals surface area contributed by atoms with Gasteiger partial charge in [-0.25, -0.2) is 9.97 Å². The summed E-state index contributed by atoms with van der Waals surface area (Å²) >= 11 is 2.46. The van der Waals surface area contributed by atoms with E-state index in [0.29, 0.717) is 37.1 Å². The summed E-state index contributed by atoms with van der Waals surface area (Å²) < 4.78 is 175. The molecule has 11 rings (SSSR count). The Balaban J connectivity index is 0.980. The van der Waals surface area contributed by atoms with Crippen LogP contribution in [0.2, 0.25) is 0 Å².